The van der Waals surface area contributed by atoms with Gasteiger partial charge >= 0.3 is 12.4 Å². The van der Waals surface area contributed by atoms with Crippen molar-refractivity contribution in [3.8, 4) is 31.6 Å². The number of allylic oxidation sites excluding steroid dienone is 2. The highest BCUT2D eigenvalue weighted by molar-refractivity contribution is 7.32. The Morgan fingerprint density at radius 2 is 0.900 bits per heavy atom. The van der Waals surface area contributed by atoms with Crippen LogP contribution in [0.4, 0.5) is 61.5 Å². The number of halogens is 14. The van der Waals surface area contributed by atoms with Gasteiger partial charge in [-0.25, -0.2) is 35.1 Å². The van der Waals surface area contributed by atoms with Crippen LogP contribution in [-0.4, -0.2) is 4.57 Å². The molecule has 2 aromatic carbocycles. The Morgan fingerprint density at radius 1 is 0.550 bits per heavy atom. The van der Waals surface area contributed by atoms with Crippen LogP contribution in [0.25, 0.3) is 63.2 Å². The molecule has 0 atom stereocenters. The second-order valence-corrected chi connectivity index (χ2v) is 16.9. The molecule has 0 saturated carbocycles. The zero-order valence-corrected chi connectivity index (χ0v) is 32.6. The van der Waals surface area contributed by atoms with Crippen LogP contribution in [0.2, 0.25) is 0 Å². The number of hydrogen-bond acceptors (Lipinski definition) is 6. The van der Waals surface area contributed by atoms with Gasteiger partial charge in [-0.2, -0.15) is 36.9 Å². The number of hydrogen-bond donors (Lipinski definition) is 0. The van der Waals surface area contributed by atoms with Crippen LogP contribution in [0, 0.1) is 69.2 Å². The summed E-state index contributed by atoms with van der Waals surface area (Å²) >= 11 is 4.71. The van der Waals surface area contributed by atoms with E-state index in [-0.39, 0.29) is 9.75 Å². The summed E-state index contributed by atoms with van der Waals surface area (Å²) < 4.78 is 198. The first kappa shape index (κ1) is 42.6. The minimum Gasteiger partial charge on any atom is -0.339 e. The van der Waals surface area contributed by atoms with E-state index in [2.05, 4.69) is 0 Å². The summed E-state index contributed by atoms with van der Waals surface area (Å²) in [6.07, 6.45) is -9.06. The van der Waals surface area contributed by atoms with Crippen molar-refractivity contribution in [3.63, 3.8) is 0 Å². The largest absolute Gasteiger partial charge is 0.422 e. The van der Waals surface area contributed by atoms with Gasteiger partial charge in [0.2, 0.25) is 0 Å². The molecule has 0 fully saturated rings. The van der Waals surface area contributed by atoms with E-state index in [1.807, 2.05) is 23.6 Å². The van der Waals surface area contributed by atoms with Crippen molar-refractivity contribution in [2.75, 3.05) is 0 Å². The molecule has 60 heavy (non-hydrogen) atoms. The molecule has 0 radical (unpaired) electrons. The van der Waals surface area contributed by atoms with E-state index < -0.39 is 92.3 Å². The molecule has 308 valence electrons. The van der Waals surface area contributed by atoms with Crippen molar-refractivity contribution in [1.82, 2.24) is 4.57 Å². The second kappa shape index (κ2) is 15.5. The highest BCUT2D eigenvalue weighted by atomic mass is 32.1. The van der Waals surface area contributed by atoms with Crippen LogP contribution in [0.5, 0.6) is 0 Å². The summed E-state index contributed by atoms with van der Waals surface area (Å²) in [7, 11) is 0. The molecule has 0 aliphatic rings. The van der Waals surface area contributed by atoms with E-state index in [9.17, 15) is 72.0 Å². The zero-order chi connectivity index (χ0) is 43.7. The van der Waals surface area contributed by atoms with Crippen molar-refractivity contribution in [3.05, 3.63) is 115 Å². The number of aromatic nitrogens is 1. The number of thiophene rings is 4. The van der Waals surface area contributed by atoms with Crippen molar-refractivity contribution < 1.29 is 61.5 Å². The minimum absolute atomic E-state index is 0.167. The monoisotopic (exact) mass is 919 g/mol. The van der Waals surface area contributed by atoms with Gasteiger partial charge < -0.3 is 4.57 Å². The molecule has 21 heteroatoms. The maximum absolute atomic E-state index is 14.7. The number of fused-ring (bicyclic) bond motifs is 3. The Labute approximate surface area is 343 Å². The Kier molecular flexibility index (Phi) is 11.0. The van der Waals surface area contributed by atoms with Gasteiger partial charge in [-0.15, -0.1) is 45.3 Å². The third-order valence-electron chi connectivity index (χ3n) is 8.85. The van der Waals surface area contributed by atoms with Gasteiger partial charge in [0.25, 0.3) is 0 Å². The molecule has 0 amide bonds. The Hall–Kier alpha value is -5.48. The highest BCUT2D eigenvalue weighted by Gasteiger charge is 2.44. The summed E-state index contributed by atoms with van der Waals surface area (Å²) in [4.78, 5) is 2.89. The fourth-order valence-corrected chi connectivity index (χ4v) is 10.8. The van der Waals surface area contributed by atoms with Gasteiger partial charge in [0, 0.05) is 35.8 Å². The van der Waals surface area contributed by atoms with E-state index in [1.165, 1.54) is 46.9 Å². The van der Waals surface area contributed by atoms with E-state index in [1.54, 1.807) is 12.1 Å². The van der Waals surface area contributed by atoms with Gasteiger partial charge in [0.1, 0.15) is 23.3 Å². The maximum atomic E-state index is 14.7. The van der Waals surface area contributed by atoms with E-state index in [0.717, 1.165) is 55.3 Å². The summed E-state index contributed by atoms with van der Waals surface area (Å²) in [5.74, 6) is -20.3. The molecule has 0 spiro atoms. The SMILES string of the molecule is CCCn1c2cc(-c3ccc(/C=C(\C#N)c4c(F)c(F)c(C(F)(F)F)c(F)c4F)s3)sc2c2sc(-c3ccc(/C=C(\C#N)c4c(F)c(F)c(C(F)(F)F)c(F)c4F)s3)cc21. The average Bonchev–Trinajstić information content (AvgIpc) is 4.01. The smallest absolute Gasteiger partial charge is 0.339 e. The van der Waals surface area contributed by atoms with Gasteiger partial charge in [-0.3, -0.25) is 0 Å². The van der Waals surface area contributed by atoms with Crippen LogP contribution in [0.3, 0.4) is 0 Å². The lowest BCUT2D eigenvalue weighted by atomic mass is 10.0. The normalized spacial score (nSPS) is 12.9. The molecule has 5 heterocycles. The molecule has 3 nitrogen and oxygen atoms in total. The molecule has 0 aliphatic heterocycles. The first-order valence-electron chi connectivity index (χ1n) is 16.6. The van der Waals surface area contributed by atoms with Crippen LogP contribution < -0.4 is 0 Å². The second-order valence-electron chi connectivity index (χ2n) is 12.6. The standard InChI is InChI=1S/C39H15F14N3S4/c1-2-7-56-18-10-22(20-5-3-16(57-20)8-14(12-54)24-28(40)32(44)26(38(48,49)50)33(45)29(24)41)59-36(18)37-19(56)11-23(60-37)21-6-4-17(58-21)9-15(13-55)25-30(42)34(46)27(39(51,52)53)35(47)31(25)43/h3-6,8-11H,2,7H2,1H3/b14-8+,15-9+. The Bertz CT molecular complexity index is 2790. The van der Waals surface area contributed by atoms with Crippen LogP contribution in [-0.2, 0) is 18.9 Å². The first-order chi connectivity index (χ1) is 28.2. The van der Waals surface area contributed by atoms with Crippen LogP contribution >= 0.6 is 45.3 Å². The molecule has 0 unspecified atom stereocenters. The number of nitriles is 2. The zero-order valence-electron chi connectivity index (χ0n) is 29.3. The van der Waals surface area contributed by atoms with Crippen molar-refractivity contribution in [1.29, 1.82) is 10.5 Å². The summed E-state index contributed by atoms with van der Waals surface area (Å²) in [5.41, 5.74) is -9.04. The number of benzene rings is 2. The minimum atomic E-state index is -5.76. The molecule has 0 aliphatic carbocycles. The molecule has 5 aromatic heterocycles. The number of rotatable bonds is 8. The number of nitrogens with zero attached hydrogens (tertiary/aromatic N) is 3. The quantitative estimate of drug-likeness (QED) is 0.0866. The molecule has 0 N–H and O–H groups in total. The Morgan fingerprint density at radius 3 is 1.20 bits per heavy atom. The highest BCUT2D eigenvalue weighted by Crippen LogP contribution is 2.48. The molecular weight excluding hydrogens is 905 g/mol. The Balaban J connectivity index is 1.23. The van der Waals surface area contributed by atoms with Crippen LogP contribution in [0.15, 0.2) is 36.4 Å². The van der Waals surface area contributed by atoms with E-state index in [0.29, 0.717) is 32.5 Å². The van der Waals surface area contributed by atoms with Gasteiger partial charge in [0.05, 0.1) is 42.7 Å². The van der Waals surface area contributed by atoms with Crippen molar-refractivity contribution in [2.45, 2.75) is 32.2 Å². The number of alkyl halides is 6. The summed E-state index contributed by atoms with van der Waals surface area (Å²) in [6, 6.07) is 12.6. The van der Waals surface area contributed by atoms with E-state index >= 15 is 0 Å². The lowest BCUT2D eigenvalue weighted by Gasteiger charge is -2.13. The fraction of sp³-hybridized carbons (Fsp3) is 0.128. The summed E-state index contributed by atoms with van der Waals surface area (Å²) in [5, 5.41) is 19.2. The molecular formula is C39H15F14N3S4. The average molecular weight is 920 g/mol. The molecule has 0 saturated heterocycles. The van der Waals surface area contributed by atoms with Gasteiger partial charge in [-0.1, -0.05) is 6.92 Å². The third-order valence-corrected chi connectivity index (χ3v) is 13.7. The number of aryl methyl sites for hydroxylation is 1. The lowest BCUT2D eigenvalue weighted by Crippen LogP contribution is -2.16. The van der Waals surface area contributed by atoms with Crippen molar-refractivity contribution >= 4 is 89.1 Å². The topological polar surface area (TPSA) is 52.5 Å². The van der Waals surface area contributed by atoms with Crippen LogP contribution in [0.1, 0.15) is 45.4 Å². The maximum Gasteiger partial charge on any atom is 0.422 e. The predicted octanol–water partition coefficient (Wildman–Crippen LogP) is 15.1. The van der Waals surface area contributed by atoms with Gasteiger partial charge in [0.15, 0.2) is 46.5 Å². The molecule has 0 bridgehead atoms. The third kappa shape index (κ3) is 7.16. The molecule has 7 rings (SSSR count). The van der Waals surface area contributed by atoms with Crippen molar-refractivity contribution in [2.24, 2.45) is 0 Å². The molecule has 7 aromatic rings. The van der Waals surface area contributed by atoms with Gasteiger partial charge in [-0.05, 0) is 55.0 Å². The predicted molar refractivity (Wildman–Crippen MR) is 202 cm³/mol. The first-order valence-corrected chi connectivity index (χ1v) is 19.8. The van der Waals surface area contributed by atoms with E-state index in [4.69, 9.17) is 0 Å². The summed E-state index contributed by atoms with van der Waals surface area (Å²) in [6.45, 7) is 2.49. The fourth-order valence-electron chi connectivity index (χ4n) is 6.29. The lowest BCUT2D eigenvalue weighted by molar-refractivity contribution is -0.144.